The predicted octanol–water partition coefficient (Wildman–Crippen LogP) is 5.42. The van der Waals surface area contributed by atoms with Crippen LogP contribution in [-0.2, 0) is 44.2 Å². The van der Waals surface area contributed by atoms with Crippen LogP contribution in [-0.4, -0.2) is 103 Å². The van der Waals surface area contributed by atoms with Crippen molar-refractivity contribution in [1.29, 1.82) is 0 Å². The molecule has 7 rings (SSSR count). The highest BCUT2D eigenvalue weighted by Crippen LogP contribution is 2.44. The Labute approximate surface area is 371 Å². The van der Waals surface area contributed by atoms with Gasteiger partial charge in [0.1, 0.15) is 33.0 Å². The molecule has 1 amide bonds. The number of hydrogen-bond acceptors (Lipinski definition) is 15. The molecule has 0 radical (unpaired) electrons. The summed E-state index contributed by atoms with van der Waals surface area (Å²) in [6.07, 6.45) is 2.04. The molecule has 3 heterocycles. The van der Waals surface area contributed by atoms with Crippen LogP contribution in [0.4, 0.5) is 16.2 Å². The van der Waals surface area contributed by atoms with Gasteiger partial charge in [-0.15, -0.1) is 10.2 Å². The Bertz CT molecular complexity index is 2810. The number of sulfone groups is 1. The highest BCUT2D eigenvalue weighted by atomic mass is 32.2. The number of likely N-dealkylation sites (tertiary alicyclic amines) is 1. The lowest BCUT2D eigenvalue weighted by Crippen LogP contribution is -2.57. The van der Waals surface area contributed by atoms with Gasteiger partial charge in [0.05, 0.1) is 55.9 Å². The lowest BCUT2D eigenvalue weighted by atomic mass is 9.98. The second-order valence-corrected chi connectivity index (χ2v) is 20.1. The zero-order valence-electron chi connectivity index (χ0n) is 36.1. The average molecular weight is 912 g/mol. The van der Waals surface area contributed by atoms with E-state index in [1.54, 1.807) is 88.5 Å². The molecule has 336 valence electrons. The number of carbonyl (C=O) groups excluding carboxylic acids is 1. The normalized spacial score (nSPS) is 13.4. The molecule has 0 spiro atoms. The van der Waals surface area contributed by atoms with E-state index in [1.807, 2.05) is 12.1 Å². The van der Waals surface area contributed by atoms with Crippen molar-refractivity contribution in [1.82, 2.24) is 34.4 Å². The molecule has 20 heteroatoms. The number of rotatable bonds is 15. The summed E-state index contributed by atoms with van der Waals surface area (Å²) in [6.45, 7) is 4.28. The molecule has 0 aliphatic carbocycles. The fourth-order valence-electron chi connectivity index (χ4n) is 7.01. The lowest BCUT2D eigenvalue weighted by Gasteiger charge is -2.39. The molecule has 1 fully saturated rings. The summed E-state index contributed by atoms with van der Waals surface area (Å²) in [6, 6.07) is 23.5. The van der Waals surface area contributed by atoms with Gasteiger partial charge in [0, 0.05) is 37.9 Å². The zero-order valence-corrected chi connectivity index (χ0v) is 37.8. The number of sulfonamides is 1. The summed E-state index contributed by atoms with van der Waals surface area (Å²) in [7, 11) is -4.92. The number of anilines is 2. The molecule has 0 atom stereocenters. The minimum atomic E-state index is -4.94. The number of ether oxygens (including phenoxy) is 4. The number of aromatic nitrogens is 5. The SMILES string of the molecule is COc1ccc(CN(Cc2ccc(OC)cc2)S(=O)(=O)c2c(S(=O)(=O)C3CN(C(=O)OC(C)(C)C)C3)ccc(-c3cncc(N)c3N)c2-c2nnn(Cc3ccc(OC)cc3)n2)cc1. The molecule has 18 nitrogen and oxygen atoms in total. The van der Waals surface area contributed by atoms with Crippen molar-refractivity contribution in [2.75, 3.05) is 45.9 Å². The molecule has 4 N–H and O–H groups in total. The monoisotopic (exact) mass is 911 g/mol. The Morgan fingerprint density at radius 2 is 1.28 bits per heavy atom. The van der Waals surface area contributed by atoms with Crippen molar-refractivity contribution in [3.63, 3.8) is 0 Å². The molecule has 1 saturated heterocycles. The predicted molar refractivity (Wildman–Crippen MR) is 239 cm³/mol. The van der Waals surface area contributed by atoms with Crippen molar-refractivity contribution < 1.29 is 40.6 Å². The van der Waals surface area contributed by atoms with Gasteiger partial charge in [0.15, 0.2) is 9.84 Å². The highest BCUT2D eigenvalue weighted by Gasteiger charge is 2.46. The number of nitrogen functional groups attached to an aromatic ring is 2. The van der Waals surface area contributed by atoms with Crippen LogP contribution < -0.4 is 25.7 Å². The Hall–Kier alpha value is -6.77. The molecule has 1 aliphatic rings. The Balaban J connectivity index is 1.46. The van der Waals surface area contributed by atoms with Crippen molar-refractivity contribution >= 4 is 37.3 Å². The number of benzene rings is 4. The van der Waals surface area contributed by atoms with Gasteiger partial charge in [-0.1, -0.05) is 42.5 Å². The number of tetrazole rings is 1. The van der Waals surface area contributed by atoms with Crippen molar-refractivity contribution in [3.8, 4) is 39.8 Å². The molecule has 0 saturated carbocycles. The summed E-state index contributed by atoms with van der Waals surface area (Å²) in [4.78, 5) is 18.6. The van der Waals surface area contributed by atoms with E-state index in [4.69, 9.17) is 30.4 Å². The molecule has 0 bridgehead atoms. The maximum absolute atomic E-state index is 16.0. The summed E-state index contributed by atoms with van der Waals surface area (Å²) in [5.41, 5.74) is 14.2. The topological polar surface area (TPSA) is 237 Å². The van der Waals surface area contributed by atoms with Crippen LogP contribution in [0.3, 0.4) is 0 Å². The third-order valence-corrected chi connectivity index (χ3v) is 14.6. The first kappa shape index (κ1) is 45.3. The van der Waals surface area contributed by atoms with Crippen LogP contribution >= 0.6 is 0 Å². The van der Waals surface area contributed by atoms with Crippen molar-refractivity contribution in [3.05, 3.63) is 114 Å². The molecule has 0 unspecified atom stereocenters. The largest absolute Gasteiger partial charge is 0.497 e. The van der Waals surface area contributed by atoms with E-state index in [0.29, 0.717) is 28.4 Å². The number of pyridine rings is 1. The van der Waals surface area contributed by atoms with Crippen LogP contribution in [0.1, 0.15) is 37.5 Å². The van der Waals surface area contributed by atoms with Crippen LogP contribution in [0.5, 0.6) is 17.2 Å². The first-order valence-electron chi connectivity index (χ1n) is 20.0. The first-order chi connectivity index (χ1) is 30.4. The van der Waals surface area contributed by atoms with Gasteiger partial charge < -0.3 is 35.3 Å². The van der Waals surface area contributed by atoms with Crippen LogP contribution in [0.25, 0.3) is 22.5 Å². The third kappa shape index (κ3) is 9.58. The number of nitrogens with zero attached hydrogens (tertiary/aromatic N) is 7. The first-order valence-corrected chi connectivity index (χ1v) is 23.0. The van der Waals surface area contributed by atoms with Gasteiger partial charge in [0.25, 0.3) is 0 Å². The second-order valence-electron chi connectivity index (χ2n) is 16.0. The van der Waals surface area contributed by atoms with E-state index in [9.17, 15) is 4.79 Å². The lowest BCUT2D eigenvalue weighted by molar-refractivity contribution is 0.0139. The minimum Gasteiger partial charge on any atom is -0.497 e. The third-order valence-electron chi connectivity index (χ3n) is 10.5. The van der Waals surface area contributed by atoms with Crippen molar-refractivity contribution in [2.45, 2.75) is 61.0 Å². The Morgan fingerprint density at radius 1 is 0.750 bits per heavy atom. The zero-order chi connectivity index (χ0) is 46.0. The van der Waals surface area contributed by atoms with E-state index >= 15 is 16.8 Å². The van der Waals surface area contributed by atoms with Crippen LogP contribution in [0.15, 0.2) is 107 Å². The van der Waals surface area contributed by atoms with E-state index < -0.39 is 46.6 Å². The molecule has 1 aliphatic heterocycles. The molecule has 2 aromatic heterocycles. The van der Waals surface area contributed by atoms with Gasteiger partial charge in [-0.25, -0.2) is 21.6 Å². The van der Waals surface area contributed by atoms with Crippen molar-refractivity contribution in [2.24, 2.45) is 0 Å². The van der Waals surface area contributed by atoms with Gasteiger partial charge in [-0.3, -0.25) is 4.98 Å². The van der Waals surface area contributed by atoms with E-state index in [-0.39, 0.29) is 66.6 Å². The summed E-state index contributed by atoms with van der Waals surface area (Å²) >= 11 is 0. The standard InChI is InChI=1S/C44H49N9O9S2/c1-44(2,3)62-43(54)51-26-34(27-51)63(55,56)38-20-19-35(36-21-47-22-37(45)40(36)46)39(42-48-50-53(49-42)25-30-11-17-33(61-6)18-12-30)41(38)64(57,58)52(23-28-7-13-31(59-4)14-8-28)24-29-9-15-32(60-5)16-10-29/h7-22,34H,23-27,45H2,1-6H3,(H2,46,47). The molecule has 4 aromatic carbocycles. The quantitative estimate of drug-likeness (QED) is 0.131. The Kier molecular flexibility index (Phi) is 12.8. The number of carbonyl (C=O) groups is 1. The number of amides is 1. The maximum atomic E-state index is 16.0. The van der Waals surface area contributed by atoms with E-state index in [0.717, 1.165) is 5.56 Å². The number of methoxy groups -OCH3 is 3. The second kappa shape index (κ2) is 18.1. The summed E-state index contributed by atoms with van der Waals surface area (Å²) in [5.74, 6) is 1.51. The van der Waals surface area contributed by atoms with E-state index in [2.05, 4.69) is 20.4 Å². The smallest absolute Gasteiger partial charge is 0.410 e. The molecule has 64 heavy (non-hydrogen) atoms. The van der Waals surface area contributed by atoms with Crippen LogP contribution in [0.2, 0.25) is 0 Å². The van der Waals surface area contributed by atoms with Gasteiger partial charge in [-0.05, 0) is 90.7 Å². The molecular formula is C44H49N9O9S2. The van der Waals surface area contributed by atoms with Crippen LogP contribution in [0, 0.1) is 0 Å². The van der Waals surface area contributed by atoms with Gasteiger partial charge in [0.2, 0.25) is 15.8 Å². The number of nitrogens with two attached hydrogens (primary N) is 2. The van der Waals surface area contributed by atoms with Gasteiger partial charge in [-0.2, -0.15) is 9.10 Å². The Morgan fingerprint density at radius 3 is 1.80 bits per heavy atom. The number of hydrogen-bond donors (Lipinski definition) is 2. The fourth-order valence-corrected chi connectivity index (χ4v) is 11.1. The average Bonchev–Trinajstić information content (AvgIpc) is 3.71. The fraction of sp³-hybridized carbons (Fsp3) is 0.295. The van der Waals surface area contributed by atoms with E-state index in [1.165, 1.54) is 52.7 Å². The maximum Gasteiger partial charge on any atom is 0.410 e. The highest BCUT2D eigenvalue weighted by molar-refractivity contribution is 7.94. The summed E-state index contributed by atoms with van der Waals surface area (Å²) < 4.78 is 84.7. The molecular weight excluding hydrogens is 863 g/mol. The molecule has 6 aromatic rings. The minimum absolute atomic E-state index is 0.0566. The summed E-state index contributed by atoms with van der Waals surface area (Å²) in [5, 5.41) is 12.1. The van der Waals surface area contributed by atoms with Gasteiger partial charge >= 0.3 is 6.09 Å².